The van der Waals surface area contributed by atoms with Crippen LogP contribution in [0.4, 0.5) is 0 Å². The summed E-state index contributed by atoms with van der Waals surface area (Å²) in [5, 5.41) is 0.724. The van der Waals surface area contributed by atoms with Crippen LogP contribution in [0.1, 0.15) is 5.56 Å². The zero-order valence-electron chi connectivity index (χ0n) is 6.71. The molecule has 0 aliphatic carbocycles. The Hall–Kier alpha value is -0.470. The fourth-order valence-corrected chi connectivity index (χ4v) is 2.04. The first-order chi connectivity index (χ1) is 5.75. The number of hydrogen-bond donors (Lipinski definition) is 0. The molecule has 0 aromatic heterocycles. The number of halogens is 1. The lowest BCUT2D eigenvalue weighted by Gasteiger charge is -2.04. The van der Waals surface area contributed by atoms with E-state index in [1.807, 2.05) is 25.1 Å². The second-order valence-electron chi connectivity index (χ2n) is 2.36. The fourth-order valence-electron chi connectivity index (χ4n) is 0.917. The molecule has 0 atom stereocenters. The molecule has 0 unspecified atom stereocenters. The van der Waals surface area contributed by atoms with E-state index in [2.05, 4.69) is 0 Å². The van der Waals surface area contributed by atoms with Gasteiger partial charge < -0.3 is 4.79 Å². The van der Waals surface area contributed by atoms with Crippen molar-refractivity contribution in [2.24, 2.45) is 0 Å². The van der Waals surface area contributed by atoms with Gasteiger partial charge in [-0.2, -0.15) is 0 Å². The van der Waals surface area contributed by atoms with Gasteiger partial charge in [0, 0.05) is 4.90 Å². The van der Waals surface area contributed by atoms with Crippen LogP contribution in [-0.4, -0.2) is 12.0 Å². The third-order valence-corrected chi connectivity index (χ3v) is 3.02. The van der Waals surface area contributed by atoms with E-state index in [9.17, 15) is 4.79 Å². The van der Waals surface area contributed by atoms with Gasteiger partial charge in [0.05, 0.1) is 10.8 Å². The van der Waals surface area contributed by atoms with Crippen LogP contribution in [0.2, 0.25) is 5.02 Å². The summed E-state index contributed by atoms with van der Waals surface area (Å²) in [6.45, 7) is 1.99. The van der Waals surface area contributed by atoms with Crippen LogP contribution in [0.3, 0.4) is 0 Å². The highest BCUT2D eigenvalue weighted by molar-refractivity contribution is 8.00. The minimum atomic E-state index is 0.463. The van der Waals surface area contributed by atoms with Crippen LogP contribution in [-0.2, 0) is 4.79 Å². The Bertz CT molecular complexity index is 266. The van der Waals surface area contributed by atoms with Gasteiger partial charge in [-0.25, -0.2) is 0 Å². The van der Waals surface area contributed by atoms with Gasteiger partial charge in [0.2, 0.25) is 0 Å². The summed E-state index contributed by atoms with van der Waals surface area (Å²) >= 11 is 7.40. The monoisotopic (exact) mass is 200 g/mol. The quantitative estimate of drug-likeness (QED) is 0.551. The number of aldehydes is 1. The Kier molecular flexibility index (Phi) is 3.63. The lowest BCUT2D eigenvalue weighted by Crippen LogP contribution is -1.84. The van der Waals surface area contributed by atoms with Gasteiger partial charge in [0.15, 0.2) is 0 Å². The first kappa shape index (κ1) is 9.62. The highest BCUT2D eigenvalue weighted by Gasteiger charge is 2.02. The van der Waals surface area contributed by atoms with Crippen molar-refractivity contribution in [2.45, 2.75) is 11.8 Å². The summed E-state index contributed by atoms with van der Waals surface area (Å²) in [4.78, 5) is 11.1. The Balaban J connectivity index is 2.88. The Morgan fingerprint density at radius 1 is 1.58 bits per heavy atom. The number of carbonyl (C=O) groups excluding carboxylic acids is 1. The van der Waals surface area contributed by atoms with Crippen LogP contribution < -0.4 is 0 Å². The molecule has 0 saturated carbocycles. The van der Waals surface area contributed by atoms with Gasteiger partial charge in [-0.3, -0.25) is 0 Å². The van der Waals surface area contributed by atoms with E-state index in [0.717, 1.165) is 21.8 Å². The number of carbonyl (C=O) groups is 1. The molecule has 3 heteroatoms. The molecule has 0 aliphatic rings. The van der Waals surface area contributed by atoms with E-state index in [1.165, 1.54) is 11.8 Å². The van der Waals surface area contributed by atoms with E-state index in [-0.39, 0.29) is 0 Å². The van der Waals surface area contributed by atoms with E-state index in [1.54, 1.807) is 0 Å². The van der Waals surface area contributed by atoms with Crippen molar-refractivity contribution in [1.82, 2.24) is 0 Å². The molecular formula is C9H9ClOS. The zero-order valence-corrected chi connectivity index (χ0v) is 8.28. The predicted molar refractivity (Wildman–Crippen MR) is 53.0 cm³/mol. The van der Waals surface area contributed by atoms with Gasteiger partial charge in [-0.05, 0) is 18.6 Å². The molecule has 0 radical (unpaired) electrons. The predicted octanol–water partition coefficient (Wildman–Crippen LogP) is 2.94. The Morgan fingerprint density at radius 2 is 2.33 bits per heavy atom. The van der Waals surface area contributed by atoms with Gasteiger partial charge in [-0.15, -0.1) is 11.8 Å². The number of rotatable bonds is 3. The largest absolute Gasteiger partial charge is 0.302 e. The third kappa shape index (κ3) is 2.26. The first-order valence-electron chi connectivity index (χ1n) is 3.57. The van der Waals surface area contributed by atoms with Crippen molar-refractivity contribution < 1.29 is 4.79 Å². The number of hydrogen-bond acceptors (Lipinski definition) is 2. The molecule has 0 spiro atoms. The normalized spacial score (nSPS) is 9.83. The molecule has 0 aliphatic heterocycles. The summed E-state index contributed by atoms with van der Waals surface area (Å²) in [6, 6.07) is 5.73. The molecule has 12 heavy (non-hydrogen) atoms. The summed E-state index contributed by atoms with van der Waals surface area (Å²) in [5.74, 6) is 0.463. The van der Waals surface area contributed by atoms with Crippen LogP contribution in [0.25, 0.3) is 0 Å². The first-order valence-corrected chi connectivity index (χ1v) is 4.93. The highest BCUT2D eigenvalue weighted by atomic mass is 35.5. The number of benzene rings is 1. The van der Waals surface area contributed by atoms with Crippen molar-refractivity contribution in [3.63, 3.8) is 0 Å². The zero-order chi connectivity index (χ0) is 8.97. The maximum absolute atomic E-state index is 10.1. The molecule has 0 bridgehead atoms. The van der Waals surface area contributed by atoms with Gasteiger partial charge in [-0.1, -0.05) is 23.7 Å². The van der Waals surface area contributed by atoms with Crippen molar-refractivity contribution in [2.75, 3.05) is 5.75 Å². The van der Waals surface area contributed by atoms with Crippen LogP contribution >= 0.6 is 23.4 Å². The lowest BCUT2D eigenvalue weighted by molar-refractivity contribution is -0.105. The maximum atomic E-state index is 10.1. The molecule has 0 N–H and O–H groups in total. The van der Waals surface area contributed by atoms with Crippen LogP contribution in [0.15, 0.2) is 23.1 Å². The van der Waals surface area contributed by atoms with Gasteiger partial charge in [0.1, 0.15) is 6.29 Å². The molecule has 1 nitrogen and oxygen atoms in total. The molecular weight excluding hydrogens is 192 g/mol. The molecule has 0 heterocycles. The molecule has 0 amide bonds. The summed E-state index contributed by atoms with van der Waals surface area (Å²) in [5.41, 5.74) is 1.12. The van der Waals surface area contributed by atoms with Gasteiger partial charge in [0.25, 0.3) is 0 Å². The van der Waals surface area contributed by atoms with Crippen molar-refractivity contribution in [3.05, 3.63) is 28.8 Å². The number of aryl methyl sites for hydroxylation is 1. The Labute approximate surface area is 81.1 Å². The molecule has 0 saturated heterocycles. The third-order valence-electron chi connectivity index (χ3n) is 1.46. The molecule has 1 rings (SSSR count). The summed E-state index contributed by atoms with van der Waals surface area (Å²) in [6.07, 6.45) is 0.882. The SMILES string of the molecule is Cc1cccc(Cl)c1SCC=O. The van der Waals surface area contributed by atoms with E-state index in [4.69, 9.17) is 11.6 Å². The van der Waals surface area contributed by atoms with Crippen molar-refractivity contribution in [1.29, 1.82) is 0 Å². The molecule has 0 fully saturated rings. The average Bonchev–Trinajstić information content (AvgIpc) is 2.04. The smallest absolute Gasteiger partial charge is 0.130 e. The van der Waals surface area contributed by atoms with Crippen molar-refractivity contribution in [3.8, 4) is 0 Å². The fraction of sp³-hybridized carbons (Fsp3) is 0.222. The van der Waals surface area contributed by atoms with E-state index < -0.39 is 0 Å². The minimum Gasteiger partial charge on any atom is -0.302 e. The lowest BCUT2D eigenvalue weighted by atomic mass is 10.2. The second-order valence-corrected chi connectivity index (χ2v) is 3.80. The summed E-state index contributed by atoms with van der Waals surface area (Å²) < 4.78 is 0. The van der Waals surface area contributed by atoms with E-state index in [0.29, 0.717) is 5.75 Å². The highest BCUT2D eigenvalue weighted by Crippen LogP contribution is 2.29. The number of thioether (sulfide) groups is 1. The minimum absolute atomic E-state index is 0.463. The topological polar surface area (TPSA) is 17.1 Å². The van der Waals surface area contributed by atoms with E-state index >= 15 is 0 Å². The molecule has 64 valence electrons. The summed E-state index contributed by atoms with van der Waals surface area (Å²) in [7, 11) is 0. The van der Waals surface area contributed by atoms with Crippen LogP contribution in [0.5, 0.6) is 0 Å². The Morgan fingerprint density at radius 3 is 2.92 bits per heavy atom. The maximum Gasteiger partial charge on any atom is 0.130 e. The standard InChI is InChI=1S/C9H9ClOS/c1-7-3-2-4-8(10)9(7)12-6-5-11/h2-5H,6H2,1H3. The second kappa shape index (κ2) is 4.53. The molecule has 1 aromatic rings. The van der Waals surface area contributed by atoms with Crippen LogP contribution in [0, 0.1) is 6.92 Å². The average molecular weight is 201 g/mol. The molecule has 1 aromatic carbocycles. The van der Waals surface area contributed by atoms with Gasteiger partial charge >= 0.3 is 0 Å². The van der Waals surface area contributed by atoms with Crippen molar-refractivity contribution >= 4 is 29.6 Å².